The van der Waals surface area contributed by atoms with Gasteiger partial charge in [-0.25, -0.2) is 4.99 Å². The van der Waals surface area contributed by atoms with Gasteiger partial charge in [-0.05, 0) is 43.9 Å². The Morgan fingerprint density at radius 3 is 2.71 bits per heavy atom. The van der Waals surface area contributed by atoms with Gasteiger partial charge in [-0.1, -0.05) is 25.3 Å². The minimum Gasteiger partial charge on any atom is -0.490 e. The van der Waals surface area contributed by atoms with Crippen molar-refractivity contribution in [1.82, 2.24) is 15.5 Å². The van der Waals surface area contributed by atoms with Crippen molar-refractivity contribution in [3.63, 3.8) is 0 Å². The van der Waals surface area contributed by atoms with Crippen molar-refractivity contribution >= 4 is 11.9 Å². The number of hydrogen-bond donors (Lipinski definition) is 2. The van der Waals surface area contributed by atoms with Crippen molar-refractivity contribution in [3.05, 3.63) is 23.8 Å². The van der Waals surface area contributed by atoms with Crippen LogP contribution < -0.4 is 20.1 Å². The van der Waals surface area contributed by atoms with Gasteiger partial charge >= 0.3 is 0 Å². The van der Waals surface area contributed by atoms with Crippen LogP contribution in [0.2, 0.25) is 0 Å². The maximum Gasteiger partial charge on any atom is 0.225 e. The zero-order valence-corrected chi connectivity index (χ0v) is 18.7. The number of amides is 1. The molecule has 0 bridgehead atoms. The molecule has 3 aliphatic rings. The van der Waals surface area contributed by atoms with Gasteiger partial charge in [0, 0.05) is 38.0 Å². The van der Waals surface area contributed by atoms with Crippen molar-refractivity contribution in [1.29, 1.82) is 0 Å². The molecule has 0 spiro atoms. The third-order valence-corrected chi connectivity index (χ3v) is 6.37. The number of ether oxygens (including phenoxy) is 2. The number of nitrogens with zero attached hydrogens (tertiary/aromatic N) is 2. The number of carbonyl (C=O) groups is 1. The van der Waals surface area contributed by atoms with E-state index in [-0.39, 0.29) is 12.0 Å². The van der Waals surface area contributed by atoms with E-state index >= 15 is 0 Å². The summed E-state index contributed by atoms with van der Waals surface area (Å²) < 4.78 is 11.5. The fraction of sp³-hybridized carbons (Fsp3) is 0.667. The molecule has 2 fully saturated rings. The van der Waals surface area contributed by atoms with Gasteiger partial charge in [0.1, 0.15) is 0 Å². The van der Waals surface area contributed by atoms with E-state index in [2.05, 4.69) is 22.5 Å². The number of benzene rings is 1. The lowest BCUT2D eigenvalue weighted by Gasteiger charge is -2.26. The Kier molecular flexibility index (Phi) is 7.54. The molecule has 1 atom stereocenters. The Bertz CT molecular complexity index is 776. The second-order valence-electron chi connectivity index (χ2n) is 8.78. The van der Waals surface area contributed by atoms with Crippen molar-refractivity contribution in [3.8, 4) is 11.5 Å². The van der Waals surface area contributed by atoms with Gasteiger partial charge in [0.2, 0.25) is 5.91 Å². The van der Waals surface area contributed by atoms with Gasteiger partial charge in [-0.15, -0.1) is 0 Å². The summed E-state index contributed by atoms with van der Waals surface area (Å²) in [6.45, 7) is 6.41. The van der Waals surface area contributed by atoms with Crippen LogP contribution in [0.15, 0.2) is 23.2 Å². The number of nitrogens with one attached hydrogen (secondary N) is 2. The molecule has 1 aromatic carbocycles. The highest BCUT2D eigenvalue weighted by Gasteiger charge is 2.31. The molecule has 1 saturated heterocycles. The molecule has 1 unspecified atom stereocenters. The summed E-state index contributed by atoms with van der Waals surface area (Å²) in [4.78, 5) is 19.7. The summed E-state index contributed by atoms with van der Waals surface area (Å²) in [6, 6.07) is 6.28. The second kappa shape index (κ2) is 10.7. The highest BCUT2D eigenvalue weighted by molar-refractivity contribution is 5.81. The Morgan fingerprint density at radius 2 is 1.90 bits per heavy atom. The molecule has 0 radical (unpaired) electrons. The highest BCUT2D eigenvalue weighted by atomic mass is 16.5. The molecule has 1 aliphatic carbocycles. The molecule has 2 N–H and O–H groups in total. The third-order valence-electron chi connectivity index (χ3n) is 6.37. The molecule has 7 nitrogen and oxygen atoms in total. The fourth-order valence-electron chi connectivity index (χ4n) is 4.68. The van der Waals surface area contributed by atoms with Crippen molar-refractivity contribution < 1.29 is 14.3 Å². The topological polar surface area (TPSA) is 75.2 Å². The average molecular weight is 429 g/mol. The van der Waals surface area contributed by atoms with Gasteiger partial charge in [0.25, 0.3) is 0 Å². The maximum atomic E-state index is 12.8. The molecule has 1 saturated carbocycles. The first-order valence-corrected chi connectivity index (χ1v) is 11.9. The van der Waals surface area contributed by atoms with E-state index in [1.165, 1.54) is 19.3 Å². The normalized spacial score (nSPS) is 22.2. The van der Waals surface area contributed by atoms with Gasteiger partial charge < -0.3 is 25.0 Å². The van der Waals surface area contributed by atoms with Crippen LogP contribution in [0.25, 0.3) is 0 Å². The molecular weight excluding hydrogens is 392 g/mol. The first-order chi connectivity index (χ1) is 15.2. The Balaban J connectivity index is 1.33. The number of guanidine groups is 1. The molecule has 1 aromatic rings. The predicted molar refractivity (Wildman–Crippen MR) is 122 cm³/mol. The van der Waals surface area contributed by atoms with E-state index in [1.54, 1.807) is 0 Å². The summed E-state index contributed by atoms with van der Waals surface area (Å²) in [5.74, 6) is 3.01. The lowest BCUT2D eigenvalue weighted by molar-refractivity contribution is -0.135. The van der Waals surface area contributed by atoms with E-state index in [0.717, 1.165) is 68.3 Å². The molecule has 2 heterocycles. The lowest BCUT2D eigenvalue weighted by Crippen LogP contribution is -2.45. The van der Waals surface area contributed by atoms with Gasteiger partial charge in [-0.2, -0.15) is 0 Å². The molecule has 0 aromatic heterocycles. The Labute approximate surface area is 185 Å². The smallest absolute Gasteiger partial charge is 0.225 e. The van der Waals surface area contributed by atoms with E-state index in [4.69, 9.17) is 14.5 Å². The van der Waals surface area contributed by atoms with E-state index in [9.17, 15) is 4.79 Å². The standard InChI is InChI=1S/C24H36N4O3/c1-2-25-24(26-16-18-9-10-21-22(15-18)31-14-6-13-30-21)27-20-11-12-28(17-20)23(29)19-7-4-3-5-8-19/h9-10,15,19-20H,2-8,11-14,16-17H2,1H3,(H2,25,26,27). The molecule has 7 heteroatoms. The summed E-state index contributed by atoms with van der Waals surface area (Å²) in [6.07, 6.45) is 7.66. The lowest BCUT2D eigenvalue weighted by atomic mass is 9.88. The van der Waals surface area contributed by atoms with Gasteiger partial charge in [-0.3, -0.25) is 4.79 Å². The van der Waals surface area contributed by atoms with Crippen LogP contribution in [-0.2, 0) is 11.3 Å². The van der Waals surface area contributed by atoms with E-state index in [0.29, 0.717) is 25.7 Å². The molecule has 2 aliphatic heterocycles. The van der Waals surface area contributed by atoms with Crippen LogP contribution in [-0.4, -0.2) is 55.7 Å². The van der Waals surface area contributed by atoms with Crippen LogP contribution >= 0.6 is 0 Å². The van der Waals surface area contributed by atoms with Crippen molar-refractivity contribution in [2.75, 3.05) is 32.8 Å². The zero-order valence-electron chi connectivity index (χ0n) is 18.7. The number of likely N-dealkylation sites (tertiary alicyclic amines) is 1. The molecule has 1 amide bonds. The largest absolute Gasteiger partial charge is 0.490 e. The monoisotopic (exact) mass is 428 g/mol. The summed E-state index contributed by atoms with van der Waals surface area (Å²) in [7, 11) is 0. The first-order valence-electron chi connectivity index (χ1n) is 11.9. The molecule has 170 valence electrons. The third kappa shape index (κ3) is 5.83. The minimum atomic E-state index is 0.244. The Morgan fingerprint density at radius 1 is 1.10 bits per heavy atom. The molecule has 31 heavy (non-hydrogen) atoms. The number of aliphatic imine (C=N–C) groups is 1. The number of fused-ring (bicyclic) bond motifs is 1. The van der Waals surface area contributed by atoms with E-state index < -0.39 is 0 Å². The maximum absolute atomic E-state index is 12.8. The van der Waals surface area contributed by atoms with E-state index in [1.807, 2.05) is 18.2 Å². The average Bonchev–Trinajstić information content (AvgIpc) is 3.14. The summed E-state index contributed by atoms with van der Waals surface area (Å²) in [5.41, 5.74) is 1.09. The van der Waals surface area contributed by atoms with Crippen molar-refractivity contribution in [2.45, 2.75) is 64.5 Å². The predicted octanol–water partition coefficient (Wildman–Crippen LogP) is 3.08. The number of hydrogen-bond acceptors (Lipinski definition) is 4. The molecule has 4 rings (SSSR count). The van der Waals surface area contributed by atoms with Crippen LogP contribution in [0.1, 0.15) is 57.4 Å². The summed E-state index contributed by atoms with van der Waals surface area (Å²) in [5, 5.41) is 6.88. The number of carbonyl (C=O) groups excluding carboxylic acids is 1. The summed E-state index contributed by atoms with van der Waals surface area (Å²) >= 11 is 0. The Hall–Kier alpha value is -2.44. The first kappa shape index (κ1) is 21.8. The zero-order chi connectivity index (χ0) is 21.5. The van der Waals surface area contributed by atoms with Crippen molar-refractivity contribution in [2.24, 2.45) is 10.9 Å². The van der Waals surface area contributed by atoms with Crippen LogP contribution in [0.3, 0.4) is 0 Å². The second-order valence-corrected chi connectivity index (χ2v) is 8.78. The SMILES string of the molecule is CCNC(=NCc1ccc2c(c1)OCCCO2)NC1CCN(C(=O)C2CCCCC2)C1. The fourth-order valence-corrected chi connectivity index (χ4v) is 4.68. The van der Waals surface area contributed by atoms with Crippen LogP contribution in [0.4, 0.5) is 0 Å². The quantitative estimate of drug-likeness (QED) is 0.557. The van der Waals surface area contributed by atoms with Gasteiger partial charge in [0.15, 0.2) is 17.5 Å². The molecular formula is C24H36N4O3. The van der Waals surface area contributed by atoms with Crippen LogP contribution in [0.5, 0.6) is 11.5 Å². The van der Waals surface area contributed by atoms with Crippen LogP contribution in [0, 0.1) is 5.92 Å². The highest BCUT2D eigenvalue weighted by Crippen LogP contribution is 2.30. The number of rotatable bonds is 5. The minimum absolute atomic E-state index is 0.244. The van der Waals surface area contributed by atoms with Gasteiger partial charge in [0.05, 0.1) is 19.8 Å².